The zero-order chi connectivity index (χ0) is 15.5. The average Bonchev–Trinajstić information content (AvgIpc) is 2.32. The maximum atomic E-state index is 12.4. The molecule has 4 aliphatic rings. The van der Waals surface area contributed by atoms with Crippen LogP contribution in [0.3, 0.4) is 0 Å². The molecule has 0 heterocycles. The van der Waals surface area contributed by atoms with Crippen molar-refractivity contribution in [1.29, 1.82) is 0 Å². The lowest BCUT2D eigenvalue weighted by molar-refractivity contribution is -0.142. The monoisotopic (exact) mass is 325 g/mol. The molecule has 4 bridgehead atoms. The van der Waals surface area contributed by atoms with E-state index < -0.39 is 27.5 Å². The molecule has 0 aromatic carbocycles. The molecule has 4 nitrogen and oxygen atoms in total. The summed E-state index contributed by atoms with van der Waals surface area (Å²) < 4.78 is 60.3. The van der Waals surface area contributed by atoms with Crippen molar-refractivity contribution in [1.82, 2.24) is 4.72 Å². The van der Waals surface area contributed by atoms with Gasteiger partial charge in [0.2, 0.25) is 0 Å². The Balaban J connectivity index is 1.69. The molecule has 0 unspecified atom stereocenters. The fraction of sp³-hybridized carbons (Fsp3) is 0.923. The second-order valence-corrected chi connectivity index (χ2v) is 8.65. The van der Waals surface area contributed by atoms with Gasteiger partial charge in [0.25, 0.3) is 0 Å². The van der Waals surface area contributed by atoms with Crippen LogP contribution < -0.4 is 4.72 Å². The van der Waals surface area contributed by atoms with E-state index in [4.69, 9.17) is 0 Å². The highest BCUT2D eigenvalue weighted by atomic mass is 32.2. The van der Waals surface area contributed by atoms with Crippen molar-refractivity contribution in [2.24, 2.45) is 23.2 Å². The van der Waals surface area contributed by atoms with Gasteiger partial charge in [-0.1, -0.05) is 0 Å². The first kappa shape index (κ1) is 15.3. The normalized spacial score (nSPS) is 38.7. The van der Waals surface area contributed by atoms with E-state index in [1.54, 1.807) is 0 Å². The van der Waals surface area contributed by atoms with Crippen LogP contribution in [-0.4, -0.2) is 26.3 Å². The Hall–Kier alpha value is -0.630. The van der Waals surface area contributed by atoms with E-state index in [2.05, 4.69) is 0 Å². The lowest BCUT2D eigenvalue weighted by Crippen LogP contribution is -2.53. The third-order valence-corrected chi connectivity index (χ3v) is 6.49. The summed E-state index contributed by atoms with van der Waals surface area (Å²) >= 11 is 0. The van der Waals surface area contributed by atoms with Gasteiger partial charge in [-0.05, 0) is 56.3 Å². The summed E-state index contributed by atoms with van der Waals surface area (Å²) in [4.78, 5) is 12.4. The minimum absolute atomic E-state index is 0.366. The summed E-state index contributed by atoms with van der Waals surface area (Å²) in [6.45, 7) is -0.742. The molecule has 4 rings (SSSR count). The van der Waals surface area contributed by atoms with Crippen LogP contribution in [0.25, 0.3) is 0 Å². The number of sulfonamides is 1. The molecule has 0 aromatic rings. The molecule has 120 valence electrons. The summed E-state index contributed by atoms with van der Waals surface area (Å²) in [6.07, 6.45) is 5.48. The van der Waals surface area contributed by atoms with Crippen molar-refractivity contribution >= 4 is 15.8 Å². The summed E-state index contributed by atoms with van der Waals surface area (Å²) in [5, 5.41) is 0. The molecule has 0 aromatic heterocycles. The maximum absolute atomic E-state index is 12.4. The molecule has 0 amide bonds. The zero-order valence-corrected chi connectivity index (χ0v) is 12.3. The zero-order valence-electron chi connectivity index (χ0n) is 11.4. The first-order valence-corrected chi connectivity index (χ1v) is 8.69. The van der Waals surface area contributed by atoms with Gasteiger partial charge in [-0.3, -0.25) is 4.79 Å². The molecule has 0 radical (unpaired) electrons. The van der Waals surface area contributed by atoms with Gasteiger partial charge < -0.3 is 0 Å². The second kappa shape index (κ2) is 4.68. The van der Waals surface area contributed by atoms with Crippen molar-refractivity contribution in [3.8, 4) is 0 Å². The molecule has 0 aliphatic heterocycles. The Morgan fingerprint density at radius 1 is 1.05 bits per heavy atom. The minimum atomic E-state index is -5.44. The van der Waals surface area contributed by atoms with Gasteiger partial charge in [-0.2, -0.15) is 17.9 Å². The predicted octanol–water partition coefficient (Wildman–Crippen LogP) is 2.21. The maximum Gasteiger partial charge on any atom is 0.511 e. The van der Waals surface area contributed by atoms with Crippen LogP contribution in [0.4, 0.5) is 13.2 Å². The summed E-state index contributed by atoms with van der Waals surface area (Å²) in [5.41, 5.74) is -5.95. The van der Waals surface area contributed by atoms with Crippen molar-refractivity contribution in [2.45, 2.75) is 44.0 Å². The van der Waals surface area contributed by atoms with Gasteiger partial charge in [0.05, 0.1) is 6.54 Å². The molecule has 4 fully saturated rings. The predicted molar refractivity (Wildman–Crippen MR) is 68.6 cm³/mol. The molecule has 0 atom stereocenters. The van der Waals surface area contributed by atoms with Crippen LogP contribution in [0, 0.1) is 23.2 Å². The second-order valence-electron chi connectivity index (χ2n) is 6.89. The third kappa shape index (κ3) is 2.60. The Bertz CT molecular complexity index is 520. The smallest absolute Gasteiger partial charge is 0.298 e. The van der Waals surface area contributed by atoms with E-state index in [1.807, 2.05) is 0 Å². The number of rotatable bonds is 4. The average molecular weight is 325 g/mol. The standard InChI is InChI=1S/C13H18F3NO3S/c14-13(15,16)21(19,20)17-7-11(18)12-4-8-1-9(5-12)3-10(2-8)6-12/h8-10,17H,1-7H2. The molecular weight excluding hydrogens is 307 g/mol. The molecule has 1 N–H and O–H groups in total. The van der Waals surface area contributed by atoms with Crippen molar-refractivity contribution < 1.29 is 26.4 Å². The Morgan fingerprint density at radius 3 is 1.86 bits per heavy atom. The third-order valence-electron chi connectivity index (χ3n) is 5.36. The van der Waals surface area contributed by atoms with Gasteiger partial charge in [0.15, 0.2) is 5.78 Å². The topological polar surface area (TPSA) is 63.2 Å². The van der Waals surface area contributed by atoms with Gasteiger partial charge in [-0.25, -0.2) is 8.42 Å². The number of hydrogen-bond acceptors (Lipinski definition) is 3. The summed E-state index contributed by atoms with van der Waals surface area (Å²) in [7, 11) is -5.44. The summed E-state index contributed by atoms with van der Waals surface area (Å²) in [5.74, 6) is 1.09. The lowest BCUT2D eigenvalue weighted by atomic mass is 9.48. The van der Waals surface area contributed by atoms with Crippen LogP contribution in [-0.2, 0) is 14.8 Å². The van der Waals surface area contributed by atoms with Gasteiger partial charge >= 0.3 is 15.5 Å². The van der Waals surface area contributed by atoms with Crippen LogP contribution in [0.5, 0.6) is 0 Å². The Labute approximate surface area is 121 Å². The highest BCUT2D eigenvalue weighted by Gasteiger charge is 2.54. The van der Waals surface area contributed by atoms with Gasteiger partial charge in [0, 0.05) is 5.41 Å². The van der Waals surface area contributed by atoms with E-state index in [-0.39, 0.29) is 5.78 Å². The van der Waals surface area contributed by atoms with E-state index in [0.717, 1.165) is 19.3 Å². The first-order chi connectivity index (χ1) is 9.61. The molecular formula is C13H18F3NO3S. The molecule has 21 heavy (non-hydrogen) atoms. The number of carbonyl (C=O) groups excluding carboxylic acids is 1. The lowest BCUT2D eigenvalue weighted by Gasteiger charge is -2.56. The minimum Gasteiger partial charge on any atom is -0.298 e. The Morgan fingerprint density at radius 2 is 1.48 bits per heavy atom. The van der Waals surface area contributed by atoms with Gasteiger partial charge in [-0.15, -0.1) is 0 Å². The van der Waals surface area contributed by atoms with Crippen LogP contribution in [0.2, 0.25) is 0 Å². The van der Waals surface area contributed by atoms with Crippen molar-refractivity contribution in [2.75, 3.05) is 6.54 Å². The number of Topliss-reactive ketones (excluding diaryl/α,β-unsaturated/α-hetero) is 1. The quantitative estimate of drug-likeness (QED) is 0.862. The number of halogens is 3. The molecule has 0 saturated heterocycles. The highest BCUT2D eigenvalue weighted by Crippen LogP contribution is 2.60. The first-order valence-electron chi connectivity index (χ1n) is 7.20. The van der Waals surface area contributed by atoms with E-state index in [0.29, 0.717) is 37.0 Å². The fourth-order valence-electron chi connectivity index (χ4n) is 4.88. The Kier molecular flexibility index (Phi) is 3.40. The largest absolute Gasteiger partial charge is 0.511 e. The number of carbonyl (C=O) groups is 1. The SMILES string of the molecule is O=C(CNS(=O)(=O)C(F)(F)F)C12CC3CC(CC(C3)C1)C2. The number of nitrogens with one attached hydrogen (secondary N) is 1. The molecule has 4 aliphatic carbocycles. The van der Waals surface area contributed by atoms with Crippen molar-refractivity contribution in [3.63, 3.8) is 0 Å². The number of alkyl halides is 3. The van der Waals surface area contributed by atoms with Crippen molar-refractivity contribution in [3.05, 3.63) is 0 Å². The molecule has 4 saturated carbocycles. The molecule has 0 spiro atoms. The number of hydrogen-bond donors (Lipinski definition) is 1. The fourth-order valence-corrected chi connectivity index (χ4v) is 5.37. The highest BCUT2D eigenvalue weighted by molar-refractivity contribution is 7.90. The van der Waals surface area contributed by atoms with E-state index in [1.165, 1.54) is 4.72 Å². The summed E-state index contributed by atoms with van der Waals surface area (Å²) in [6, 6.07) is 0. The van der Waals surface area contributed by atoms with Crippen LogP contribution >= 0.6 is 0 Å². The van der Waals surface area contributed by atoms with E-state index in [9.17, 15) is 26.4 Å². The van der Waals surface area contributed by atoms with E-state index >= 15 is 0 Å². The number of ketones is 1. The van der Waals surface area contributed by atoms with Gasteiger partial charge in [0.1, 0.15) is 0 Å². The van der Waals surface area contributed by atoms with Crippen LogP contribution in [0.15, 0.2) is 0 Å². The molecule has 8 heteroatoms. The van der Waals surface area contributed by atoms with Crippen LogP contribution in [0.1, 0.15) is 38.5 Å².